The van der Waals surface area contributed by atoms with Gasteiger partial charge in [-0.2, -0.15) is 0 Å². The minimum absolute atomic E-state index is 0.0493. The van der Waals surface area contributed by atoms with Crippen LogP contribution in [0.4, 0.5) is 5.69 Å². The van der Waals surface area contributed by atoms with Crippen LogP contribution in [0, 0.1) is 5.92 Å². The van der Waals surface area contributed by atoms with Crippen LogP contribution < -0.4 is 10.6 Å². The van der Waals surface area contributed by atoms with Gasteiger partial charge in [-0.05, 0) is 31.0 Å². The van der Waals surface area contributed by atoms with E-state index in [0.29, 0.717) is 24.4 Å². The first kappa shape index (κ1) is 14.5. The van der Waals surface area contributed by atoms with Crippen molar-refractivity contribution in [2.45, 2.75) is 19.3 Å². The van der Waals surface area contributed by atoms with E-state index < -0.39 is 0 Å². The second-order valence-corrected chi connectivity index (χ2v) is 4.95. The highest BCUT2D eigenvalue weighted by molar-refractivity contribution is 5.97. The molecule has 1 aromatic rings. The van der Waals surface area contributed by atoms with Gasteiger partial charge in [-0.25, -0.2) is 0 Å². The van der Waals surface area contributed by atoms with Gasteiger partial charge < -0.3 is 15.4 Å². The van der Waals surface area contributed by atoms with E-state index in [1.807, 2.05) is 0 Å². The standard InChI is InChI=1S/C15H20N2O3/c1-20-9-8-16-14(18)12-6-3-7-13(10-12)17-15(19)11-4-2-5-11/h3,6-7,10-11H,2,4-5,8-9H2,1H3,(H,16,18)(H,17,19). The summed E-state index contributed by atoms with van der Waals surface area (Å²) in [5.74, 6) is 0.0177. The summed E-state index contributed by atoms with van der Waals surface area (Å²) < 4.78 is 4.88. The van der Waals surface area contributed by atoms with Crippen LogP contribution in [0.2, 0.25) is 0 Å². The first-order valence-electron chi connectivity index (χ1n) is 6.89. The number of benzene rings is 1. The number of carbonyl (C=O) groups is 2. The molecule has 2 rings (SSSR count). The van der Waals surface area contributed by atoms with Gasteiger partial charge in [0.25, 0.3) is 5.91 Å². The average Bonchev–Trinajstić information content (AvgIpc) is 2.37. The number of nitrogens with one attached hydrogen (secondary N) is 2. The van der Waals surface area contributed by atoms with Gasteiger partial charge >= 0.3 is 0 Å². The van der Waals surface area contributed by atoms with Gasteiger partial charge in [0.2, 0.25) is 5.91 Å². The molecule has 0 radical (unpaired) electrons. The molecular weight excluding hydrogens is 256 g/mol. The van der Waals surface area contributed by atoms with Crippen LogP contribution in [-0.4, -0.2) is 32.1 Å². The molecule has 0 heterocycles. The average molecular weight is 276 g/mol. The summed E-state index contributed by atoms with van der Waals surface area (Å²) in [6, 6.07) is 6.98. The van der Waals surface area contributed by atoms with Crippen molar-refractivity contribution in [3.63, 3.8) is 0 Å². The molecule has 5 heteroatoms. The zero-order valence-electron chi connectivity index (χ0n) is 11.6. The van der Waals surface area contributed by atoms with E-state index in [0.717, 1.165) is 19.3 Å². The monoisotopic (exact) mass is 276 g/mol. The predicted molar refractivity (Wildman–Crippen MR) is 76.6 cm³/mol. The van der Waals surface area contributed by atoms with Crippen LogP contribution in [0.15, 0.2) is 24.3 Å². The molecule has 1 aliphatic rings. The Bertz CT molecular complexity index is 484. The smallest absolute Gasteiger partial charge is 0.251 e. The van der Waals surface area contributed by atoms with Crippen molar-refractivity contribution in [1.82, 2.24) is 5.32 Å². The Morgan fingerprint density at radius 3 is 2.80 bits per heavy atom. The third-order valence-corrected chi connectivity index (χ3v) is 3.46. The summed E-state index contributed by atoms with van der Waals surface area (Å²) in [4.78, 5) is 23.7. The zero-order chi connectivity index (χ0) is 14.4. The number of carbonyl (C=O) groups excluding carboxylic acids is 2. The van der Waals surface area contributed by atoms with Crippen LogP contribution in [0.5, 0.6) is 0 Å². The lowest BCUT2D eigenvalue weighted by atomic mass is 9.85. The molecule has 1 aliphatic carbocycles. The number of hydrogen-bond donors (Lipinski definition) is 2. The van der Waals surface area contributed by atoms with Crippen molar-refractivity contribution in [2.24, 2.45) is 5.92 Å². The van der Waals surface area contributed by atoms with Gasteiger partial charge in [-0.15, -0.1) is 0 Å². The molecule has 108 valence electrons. The van der Waals surface area contributed by atoms with E-state index in [9.17, 15) is 9.59 Å². The normalized spacial score (nSPS) is 14.4. The molecule has 20 heavy (non-hydrogen) atoms. The number of ether oxygens (including phenoxy) is 1. The molecule has 1 aromatic carbocycles. The molecule has 5 nitrogen and oxygen atoms in total. The van der Waals surface area contributed by atoms with Crippen LogP contribution >= 0.6 is 0 Å². The van der Waals surface area contributed by atoms with E-state index in [4.69, 9.17) is 4.74 Å². The fraction of sp³-hybridized carbons (Fsp3) is 0.467. The number of amides is 2. The van der Waals surface area contributed by atoms with Crippen molar-refractivity contribution >= 4 is 17.5 Å². The molecule has 1 fully saturated rings. The molecule has 0 unspecified atom stereocenters. The summed E-state index contributed by atoms with van der Waals surface area (Å²) >= 11 is 0. The molecule has 2 N–H and O–H groups in total. The lowest BCUT2D eigenvalue weighted by molar-refractivity contribution is -0.122. The molecule has 0 aliphatic heterocycles. The largest absolute Gasteiger partial charge is 0.383 e. The van der Waals surface area contributed by atoms with Gasteiger partial charge in [-0.3, -0.25) is 9.59 Å². The van der Waals surface area contributed by atoms with Gasteiger partial charge in [0.1, 0.15) is 0 Å². The molecule has 0 spiro atoms. The Kier molecular flexibility index (Phi) is 5.12. The topological polar surface area (TPSA) is 67.4 Å². The first-order chi connectivity index (χ1) is 9.70. The molecule has 0 bridgehead atoms. The Labute approximate surface area is 118 Å². The summed E-state index contributed by atoms with van der Waals surface area (Å²) in [5, 5.41) is 5.61. The minimum Gasteiger partial charge on any atom is -0.383 e. The highest BCUT2D eigenvalue weighted by Gasteiger charge is 2.25. The van der Waals surface area contributed by atoms with E-state index in [1.54, 1.807) is 31.4 Å². The number of rotatable bonds is 6. The first-order valence-corrected chi connectivity index (χ1v) is 6.89. The van der Waals surface area contributed by atoms with E-state index >= 15 is 0 Å². The van der Waals surface area contributed by atoms with E-state index in [2.05, 4.69) is 10.6 Å². The minimum atomic E-state index is -0.165. The number of hydrogen-bond acceptors (Lipinski definition) is 3. The van der Waals surface area contributed by atoms with Crippen molar-refractivity contribution < 1.29 is 14.3 Å². The molecular formula is C15H20N2O3. The van der Waals surface area contributed by atoms with Crippen LogP contribution in [0.3, 0.4) is 0 Å². The van der Waals surface area contributed by atoms with Gasteiger partial charge in [0.05, 0.1) is 6.61 Å². The van der Waals surface area contributed by atoms with Crippen LogP contribution in [0.25, 0.3) is 0 Å². The fourth-order valence-electron chi connectivity index (χ4n) is 2.02. The number of methoxy groups -OCH3 is 1. The maximum Gasteiger partial charge on any atom is 0.251 e. The quantitative estimate of drug-likeness (QED) is 0.779. The second-order valence-electron chi connectivity index (χ2n) is 4.95. The van der Waals surface area contributed by atoms with Crippen molar-refractivity contribution in [1.29, 1.82) is 0 Å². The summed E-state index contributed by atoms with van der Waals surface area (Å²) in [6.07, 6.45) is 3.05. The van der Waals surface area contributed by atoms with E-state index in [-0.39, 0.29) is 17.7 Å². The Morgan fingerprint density at radius 1 is 1.35 bits per heavy atom. The van der Waals surface area contributed by atoms with Crippen molar-refractivity contribution in [3.05, 3.63) is 29.8 Å². The summed E-state index contributed by atoms with van der Waals surface area (Å²) in [7, 11) is 1.59. The highest BCUT2D eigenvalue weighted by atomic mass is 16.5. The summed E-state index contributed by atoms with van der Waals surface area (Å²) in [5.41, 5.74) is 1.20. The molecule has 0 saturated heterocycles. The third kappa shape index (κ3) is 3.81. The van der Waals surface area contributed by atoms with E-state index in [1.165, 1.54) is 0 Å². The Balaban J connectivity index is 1.92. The van der Waals surface area contributed by atoms with Crippen molar-refractivity contribution in [3.8, 4) is 0 Å². The molecule has 0 aromatic heterocycles. The van der Waals surface area contributed by atoms with Crippen LogP contribution in [0.1, 0.15) is 29.6 Å². The Morgan fingerprint density at radius 2 is 2.15 bits per heavy atom. The fourth-order valence-corrected chi connectivity index (χ4v) is 2.02. The lowest BCUT2D eigenvalue weighted by Gasteiger charge is -2.24. The Hall–Kier alpha value is -1.88. The van der Waals surface area contributed by atoms with Gasteiger partial charge in [0, 0.05) is 30.8 Å². The maximum atomic E-state index is 11.9. The van der Waals surface area contributed by atoms with Crippen molar-refractivity contribution in [2.75, 3.05) is 25.6 Å². The SMILES string of the molecule is COCCNC(=O)c1cccc(NC(=O)C2CCC2)c1. The van der Waals surface area contributed by atoms with Gasteiger partial charge in [-0.1, -0.05) is 12.5 Å². The zero-order valence-corrected chi connectivity index (χ0v) is 11.6. The molecule has 2 amide bonds. The predicted octanol–water partition coefficient (Wildman–Crippen LogP) is 1.80. The molecule has 1 saturated carbocycles. The highest BCUT2D eigenvalue weighted by Crippen LogP contribution is 2.27. The van der Waals surface area contributed by atoms with Crippen LogP contribution in [-0.2, 0) is 9.53 Å². The maximum absolute atomic E-state index is 11.9. The third-order valence-electron chi connectivity index (χ3n) is 3.46. The molecule has 0 atom stereocenters. The lowest BCUT2D eigenvalue weighted by Crippen LogP contribution is -2.29. The summed E-state index contributed by atoms with van der Waals surface area (Å²) in [6.45, 7) is 0.942. The van der Waals surface area contributed by atoms with Gasteiger partial charge in [0.15, 0.2) is 0 Å². The second kappa shape index (κ2) is 7.05. The number of anilines is 1.